The molecule has 0 radical (unpaired) electrons. The summed E-state index contributed by atoms with van der Waals surface area (Å²) in [5.41, 5.74) is -1.42. The number of carbonyl (C=O) groups is 2. The Morgan fingerprint density at radius 1 is 0.969 bits per heavy atom. The molecule has 11 heteroatoms. The Labute approximate surface area is 183 Å². The standard InChI is InChI=1S/C21H26F3N5O3/c1-13-5-9-27(10-6-13)19(30)29-17-15(3-4-16(25-17)21(22,23)24)18(26-29)32-20(31)28-11-7-14(2)8-12-28/h3-4,13-14H,5-12H2,1-2H3. The lowest BCUT2D eigenvalue weighted by molar-refractivity contribution is -0.141. The van der Waals surface area contributed by atoms with Crippen molar-refractivity contribution in [1.29, 1.82) is 0 Å². The van der Waals surface area contributed by atoms with E-state index >= 15 is 0 Å². The first-order chi connectivity index (χ1) is 15.1. The number of pyridine rings is 1. The van der Waals surface area contributed by atoms with Gasteiger partial charge in [-0.25, -0.2) is 14.6 Å². The van der Waals surface area contributed by atoms with E-state index in [1.54, 1.807) is 0 Å². The highest BCUT2D eigenvalue weighted by molar-refractivity contribution is 5.92. The van der Waals surface area contributed by atoms with E-state index < -0.39 is 24.0 Å². The lowest BCUT2D eigenvalue weighted by Gasteiger charge is -2.29. The molecule has 174 valence electrons. The molecule has 4 heterocycles. The van der Waals surface area contributed by atoms with Crippen molar-refractivity contribution >= 4 is 23.2 Å². The van der Waals surface area contributed by atoms with Crippen LogP contribution in [0.4, 0.5) is 22.8 Å². The number of nitrogens with zero attached hydrogens (tertiary/aromatic N) is 5. The van der Waals surface area contributed by atoms with E-state index in [2.05, 4.69) is 23.9 Å². The van der Waals surface area contributed by atoms with Crippen LogP contribution >= 0.6 is 0 Å². The van der Waals surface area contributed by atoms with Crippen LogP contribution in [-0.4, -0.2) is 62.9 Å². The minimum atomic E-state index is -4.69. The predicted molar refractivity (Wildman–Crippen MR) is 109 cm³/mol. The minimum Gasteiger partial charge on any atom is -0.389 e. The number of amides is 2. The zero-order valence-corrected chi connectivity index (χ0v) is 18.1. The number of likely N-dealkylation sites (tertiary alicyclic amines) is 2. The zero-order chi connectivity index (χ0) is 23.0. The summed E-state index contributed by atoms with van der Waals surface area (Å²) in [7, 11) is 0. The van der Waals surface area contributed by atoms with Crippen molar-refractivity contribution in [2.45, 2.75) is 45.7 Å². The van der Waals surface area contributed by atoms with Crippen LogP contribution in [0.5, 0.6) is 5.88 Å². The number of rotatable bonds is 1. The SMILES string of the molecule is CC1CCN(C(=O)Oc2nn(C(=O)N3CCC(C)CC3)c3nc(C(F)(F)F)ccc23)CC1. The van der Waals surface area contributed by atoms with E-state index in [1.807, 2.05) is 0 Å². The highest BCUT2D eigenvalue weighted by Gasteiger charge is 2.35. The molecule has 32 heavy (non-hydrogen) atoms. The normalized spacial score (nSPS) is 18.9. The molecule has 0 saturated carbocycles. The number of halogens is 3. The number of hydrogen-bond acceptors (Lipinski definition) is 5. The Hall–Kier alpha value is -2.85. The molecule has 0 N–H and O–H groups in total. The number of piperidine rings is 2. The summed E-state index contributed by atoms with van der Waals surface area (Å²) in [5, 5.41) is 4.16. The van der Waals surface area contributed by atoms with E-state index in [1.165, 1.54) is 9.80 Å². The highest BCUT2D eigenvalue weighted by Crippen LogP contribution is 2.32. The quantitative estimate of drug-likeness (QED) is 0.640. The third kappa shape index (κ3) is 4.51. The van der Waals surface area contributed by atoms with Gasteiger partial charge in [-0.05, 0) is 49.7 Å². The number of hydrogen-bond donors (Lipinski definition) is 0. The first kappa shape index (κ1) is 22.3. The molecule has 0 unspecified atom stereocenters. The van der Waals surface area contributed by atoms with Crippen molar-refractivity contribution in [3.8, 4) is 5.88 Å². The van der Waals surface area contributed by atoms with Crippen LogP contribution in [0.2, 0.25) is 0 Å². The monoisotopic (exact) mass is 453 g/mol. The Bertz CT molecular complexity index is 1010. The summed E-state index contributed by atoms with van der Waals surface area (Å²) < 4.78 is 46.0. The van der Waals surface area contributed by atoms with Crippen LogP contribution < -0.4 is 4.74 Å². The molecular formula is C21H26F3N5O3. The van der Waals surface area contributed by atoms with Gasteiger partial charge in [0.1, 0.15) is 5.69 Å². The van der Waals surface area contributed by atoms with Crippen LogP contribution in [0, 0.1) is 11.8 Å². The number of fused-ring (bicyclic) bond motifs is 1. The fraction of sp³-hybridized carbons (Fsp3) is 0.619. The molecule has 2 aromatic heterocycles. The molecule has 2 aromatic rings. The number of alkyl halides is 3. The van der Waals surface area contributed by atoms with Gasteiger partial charge in [0, 0.05) is 26.2 Å². The largest absolute Gasteiger partial charge is 0.433 e. The summed E-state index contributed by atoms with van der Waals surface area (Å²) in [6.45, 7) is 6.19. The van der Waals surface area contributed by atoms with Crippen LogP contribution in [0.1, 0.15) is 45.2 Å². The van der Waals surface area contributed by atoms with Crippen molar-refractivity contribution in [3.05, 3.63) is 17.8 Å². The van der Waals surface area contributed by atoms with Crippen molar-refractivity contribution in [2.24, 2.45) is 11.8 Å². The molecule has 0 spiro atoms. The van der Waals surface area contributed by atoms with Crippen molar-refractivity contribution < 1.29 is 27.5 Å². The van der Waals surface area contributed by atoms with Gasteiger partial charge in [-0.3, -0.25) is 0 Å². The maximum atomic E-state index is 13.3. The summed E-state index contributed by atoms with van der Waals surface area (Å²) >= 11 is 0. The molecule has 2 saturated heterocycles. The Morgan fingerprint density at radius 2 is 1.53 bits per heavy atom. The van der Waals surface area contributed by atoms with Gasteiger partial charge in [-0.2, -0.15) is 17.9 Å². The molecule has 0 atom stereocenters. The third-order valence-corrected chi connectivity index (χ3v) is 6.25. The molecule has 0 aliphatic carbocycles. The number of aromatic nitrogens is 3. The maximum absolute atomic E-state index is 13.3. The van der Waals surface area contributed by atoms with E-state index in [4.69, 9.17) is 4.74 Å². The molecule has 2 fully saturated rings. The van der Waals surface area contributed by atoms with Crippen LogP contribution in [-0.2, 0) is 6.18 Å². The van der Waals surface area contributed by atoms with Crippen molar-refractivity contribution in [1.82, 2.24) is 24.6 Å². The first-order valence-electron chi connectivity index (χ1n) is 10.9. The number of carbonyl (C=O) groups excluding carboxylic acids is 2. The van der Waals surface area contributed by atoms with Gasteiger partial charge in [0.25, 0.3) is 5.88 Å². The van der Waals surface area contributed by atoms with Gasteiger partial charge in [-0.1, -0.05) is 13.8 Å². The summed E-state index contributed by atoms with van der Waals surface area (Å²) in [6, 6.07) is 1.35. The Kier molecular flexibility index (Phi) is 6.00. The fourth-order valence-electron chi connectivity index (χ4n) is 4.01. The molecule has 8 nitrogen and oxygen atoms in total. The zero-order valence-electron chi connectivity index (χ0n) is 18.1. The maximum Gasteiger partial charge on any atom is 0.433 e. The molecule has 0 bridgehead atoms. The van der Waals surface area contributed by atoms with E-state index in [-0.39, 0.29) is 16.9 Å². The second kappa shape index (κ2) is 8.59. The van der Waals surface area contributed by atoms with Crippen LogP contribution in [0.15, 0.2) is 12.1 Å². The van der Waals surface area contributed by atoms with Crippen LogP contribution in [0.3, 0.4) is 0 Å². The topological polar surface area (TPSA) is 80.6 Å². The smallest absolute Gasteiger partial charge is 0.389 e. The van der Waals surface area contributed by atoms with E-state index in [0.717, 1.165) is 42.5 Å². The average molecular weight is 453 g/mol. The Balaban J connectivity index is 1.67. The van der Waals surface area contributed by atoms with Gasteiger partial charge in [0.2, 0.25) is 0 Å². The lowest BCUT2D eigenvalue weighted by atomic mass is 10.00. The van der Waals surface area contributed by atoms with Gasteiger partial charge < -0.3 is 14.5 Å². The number of ether oxygens (including phenoxy) is 1. The van der Waals surface area contributed by atoms with Gasteiger partial charge in [-0.15, -0.1) is 5.10 Å². The second-order valence-electron chi connectivity index (χ2n) is 8.77. The fourth-order valence-corrected chi connectivity index (χ4v) is 4.01. The highest BCUT2D eigenvalue weighted by atomic mass is 19.4. The second-order valence-corrected chi connectivity index (χ2v) is 8.77. The first-order valence-corrected chi connectivity index (χ1v) is 10.9. The molecular weight excluding hydrogens is 427 g/mol. The van der Waals surface area contributed by atoms with Gasteiger partial charge in [0.15, 0.2) is 5.65 Å². The summed E-state index contributed by atoms with van der Waals surface area (Å²) in [6.07, 6.45) is -2.06. The lowest BCUT2D eigenvalue weighted by Crippen LogP contribution is -2.41. The average Bonchev–Trinajstić information content (AvgIpc) is 3.11. The van der Waals surface area contributed by atoms with Gasteiger partial charge in [0.05, 0.1) is 5.39 Å². The molecule has 2 aliphatic heterocycles. The third-order valence-electron chi connectivity index (χ3n) is 6.25. The summed E-state index contributed by atoms with van der Waals surface area (Å²) in [4.78, 5) is 32.4. The Morgan fingerprint density at radius 3 is 2.09 bits per heavy atom. The van der Waals surface area contributed by atoms with E-state index in [9.17, 15) is 22.8 Å². The minimum absolute atomic E-state index is 0.0791. The predicted octanol–water partition coefficient (Wildman–Crippen LogP) is 4.38. The molecule has 0 aromatic carbocycles. The van der Waals surface area contributed by atoms with E-state index in [0.29, 0.717) is 38.0 Å². The molecule has 2 aliphatic rings. The van der Waals surface area contributed by atoms with Crippen molar-refractivity contribution in [3.63, 3.8) is 0 Å². The summed E-state index contributed by atoms with van der Waals surface area (Å²) in [5.74, 6) is 0.754. The molecule has 4 rings (SSSR count). The van der Waals surface area contributed by atoms with Gasteiger partial charge >= 0.3 is 18.3 Å². The van der Waals surface area contributed by atoms with Crippen LogP contribution in [0.25, 0.3) is 11.0 Å². The molecule has 2 amide bonds. The van der Waals surface area contributed by atoms with Crippen molar-refractivity contribution in [2.75, 3.05) is 26.2 Å².